The molecule has 0 aromatic carbocycles. The van der Waals surface area contributed by atoms with Crippen molar-refractivity contribution >= 4 is 11.9 Å². The molecule has 0 bridgehead atoms. The zero-order valence-corrected chi connectivity index (χ0v) is 11.1. The van der Waals surface area contributed by atoms with Crippen LogP contribution in [0.3, 0.4) is 0 Å². The molecule has 1 atom stereocenters. The normalized spacial score (nSPS) is 13.1. The van der Waals surface area contributed by atoms with Crippen molar-refractivity contribution in [2.75, 3.05) is 0 Å². The zero-order chi connectivity index (χ0) is 13.9. The van der Waals surface area contributed by atoms with E-state index in [9.17, 15) is 9.59 Å². The molecule has 0 aliphatic carbocycles. The van der Waals surface area contributed by atoms with Crippen LogP contribution in [0.15, 0.2) is 16.5 Å². The Bertz CT molecular complexity index is 442. The molecule has 1 aromatic rings. The summed E-state index contributed by atoms with van der Waals surface area (Å²) in [5.74, 6) is -1.01. The maximum Gasteiger partial charge on any atom is 0.371 e. The Balaban J connectivity index is 2.55. The van der Waals surface area contributed by atoms with E-state index >= 15 is 0 Å². The molecule has 1 amide bonds. The first-order valence-electron chi connectivity index (χ1n) is 5.81. The second-order valence-electron chi connectivity index (χ2n) is 5.38. The van der Waals surface area contributed by atoms with Gasteiger partial charge in [-0.2, -0.15) is 0 Å². The smallest absolute Gasteiger partial charge is 0.371 e. The number of aromatic carboxylic acids is 1. The predicted octanol–water partition coefficient (Wildman–Crippen LogP) is 2.28. The zero-order valence-electron chi connectivity index (χ0n) is 11.1. The summed E-state index contributed by atoms with van der Waals surface area (Å²) in [4.78, 5) is 22.4. The molecule has 0 fully saturated rings. The summed E-state index contributed by atoms with van der Waals surface area (Å²) in [5, 5.41) is 11.4. The summed E-state index contributed by atoms with van der Waals surface area (Å²) in [6.07, 6.45) is 0. The molecule has 18 heavy (non-hydrogen) atoms. The summed E-state index contributed by atoms with van der Waals surface area (Å²) in [6.45, 7) is 8.04. The number of nitrogens with one attached hydrogen (secondary N) is 1. The third-order valence-corrected chi connectivity index (χ3v) is 3.00. The minimum absolute atomic E-state index is 0.0734. The lowest BCUT2D eigenvalue weighted by atomic mass is 9.81. The summed E-state index contributed by atoms with van der Waals surface area (Å²) >= 11 is 0. The van der Waals surface area contributed by atoms with Gasteiger partial charge in [-0.25, -0.2) is 4.79 Å². The second kappa shape index (κ2) is 5.25. The molecule has 0 radical (unpaired) electrons. The molecule has 0 aliphatic heterocycles. The van der Waals surface area contributed by atoms with Crippen LogP contribution in [-0.4, -0.2) is 17.0 Å². The maximum absolute atomic E-state index is 11.8. The highest BCUT2D eigenvalue weighted by Crippen LogP contribution is 2.25. The maximum atomic E-state index is 11.8. The van der Waals surface area contributed by atoms with Crippen LogP contribution >= 0.6 is 0 Å². The van der Waals surface area contributed by atoms with E-state index in [2.05, 4.69) is 5.32 Å². The predicted molar refractivity (Wildman–Crippen MR) is 66.1 cm³/mol. The molecular weight excluding hydrogens is 234 g/mol. The Morgan fingerprint density at radius 2 is 2.00 bits per heavy atom. The Hall–Kier alpha value is -1.78. The minimum Gasteiger partial charge on any atom is -0.475 e. The van der Waals surface area contributed by atoms with E-state index in [0.29, 0.717) is 5.76 Å². The summed E-state index contributed by atoms with van der Waals surface area (Å²) in [6, 6.07) is 2.92. The Morgan fingerprint density at radius 3 is 2.44 bits per heavy atom. The largest absolute Gasteiger partial charge is 0.475 e. The fourth-order valence-corrected chi connectivity index (χ4v) is 1.31. The van der Waals surface area contributed by atoms with E-state index in [1.54, 1.807) is 6.07 Å². The van der Waals surface area contributed by atoms with Crippen molar-refractivity contribution in [3.8, 4) is 0 Å². The molecule has 1 rings (SSSR count). The van der Waals surface area contributed by atoms with Gasteiger partial charge in [-0.15, -0.1) is 0 Å². The lowest BCUT2D eigenvalue weighted by Gasteiger charge is -2.25. The number of carboxylic acid groups (broad SMARTS) is 1. The number of furan rings is 1. The average Bonchev–Trinajstić information content (AvgIpc) is 2.72. The number of carbonyl (C=O) groups is 2. The van der Waals surface area contributed by atoms with Crippen molar-refractivity contribution in [3.63, 3.8) is 0 Å². The van der Waals surface area contributed by atoms with Gasteiger partial charge in [0, 0.05) is 5.92 Å². The van der Waals surface area contributed by atoms with Crippen molar-refractivity contribution in [1.29, 1.82) is 0 Å². The van der Waals surface area contributed by atoms with E-state index in [1.165, 1.54) is 6.07 Å². The van der Waals surface area contributed by atoms with Crippen LogP contribution in [0.4, 0.5) is 0 Å². The van der Waals surface area contributed by atoms with Gasteiger partial charge in [0.15, 0.2) is 0 Å². The van der Waals surface area contributed by atoms with Crippen LogP contribution in [0, 0.1) is 11.3 Å². The highest BCUT2D eigenvalue weighted by atomic mass is 16.4. The average molecular weight is 253 g/mol. The third kappa shape index (κ3) is 3.61. The quantitative estimate of drug-likeness (QED) is 0.862. The van der Waals surface area contributed by atoms with Crippen LogP contribution in [0.2, 0.25) is 0 Å². The first-order valence-corrected chi connectivity index (χ1v) is 5.81. The van der Waals surface area contributed by atoms with Gasteiger partial charge in [0.25, 0.3) is 0 Å². The number of rotatable bonds is 4. The SMILES string of the molecule is CC(C(=O)NCc1ccc(C(=O)O)o1)C(C)(C)C. The summed E-state index contributed by atoms with van der Waals surface area (Å²) in [7, 11) is 0. The van der Waals surface area contributed by atoms with Crippen LogP contribution in [0.5, 0.6) is 0 Å². The van der Waals surface area contributed by atoms with E-state index in [0.717, 1.165) is 0 Å². The van der Waals surface area contributed by atoms with Crippen LogP contribution < -0.4 is 5.32 Å². The lowest BCUT2D eigenvalue weighted by Crippen LogP contribution is -2.35. The molecule has 1 aromatic heterocycles. The standard InChI is InChI=1S/C13H19NO4/c1-8(13(2,3)4)11(15)14-7-9-5-6-10(18-9)12(16)17/h5-6,8H,7H2,1-4H3,(H,14,15)(H,16,17). The van der Waals surface area contributed by atoms with Crippen molar-refractivity contribution in [3.05, 3.63) is 23.7 Å². The van der Waals surface area contributed by atoms with Gasteiger partial charge in [0.2, 0.25) is 11.7 Å². The number of hydrogen-bond acceptors (Lipinski definition) is 3. The number of amides is 1. The monoisotopic (exact) mass is 253 g/mol. The van der Waals surface area contributed by atoms with Gasteiger partial charge in [-0.1, -0.05) is 27.7 Å². The van der Waals surface area contributed by atoms with E-state index < -0.39 is 5.97 Å². The van der Waals surface area contributed by atoms with E-state index in [4.69, 9.17) is 9.52 Å². The number of carbonyl (C=O) groups excluding carboxylic acids is 1. The first-order chi connectivity index (χ1) is 8.21. The molecule has 5 nitrogen and oxygen atoms in total. The minimum atomic E-state index is -1.12. The second-order valence-corrected chi connectivity index (χ2v) is 5.38. The van der Waals surface area contributed by atoms with Gasteiger partial charge in [-0.3, -0.25) is 4.79 Å². The summed E-state index contributed by atoms with van der Waals surface area (Å²) < 4.78 is 5.05. The van der Waals surface area contributed by atoms with Gasteiger partial charge in [-0.05, 0) is 17.5 Å². The molecule has 0 aliphatic rings. The molecule has 1 heterocycles. The highest BCUT2D eigenvalue weighted by Gasteiger charge is 2.26. The Labute approximate surface area is 106 Å². The van der Waals surface area contributed by atoms with Gasteiger partial charge in [0.05, 0.1) is 6.54 Å². The molecule has 0 saturated carbocycles. The van der Waals surface area contributed by atoms with Crippen molar-refractivity contribution in [1.82, 2.24) is 5.32 Å². The fourth-order valence-electron chi connectivity index (χ4n) is 1.31. The van der Waals surface area contributed by atoms with Crippen LogP contribution in [0.1, 0.15) is 44.0 Å². The molecule has 0 saturated heterocycles. The van der Waals surface area contributed by atoms with Gasteiger partial charge in [0.1, 0.15) is 5.76 Å². The van der Waals surface area contributed by atoms with Gasteiger partial charge < -0.3 is 14.8 Å². The molecule has 1 unspecified atom stereocenters. The molecular formula is C13H19NO4. The molecule has 0 spiro atoms. The number of carboxylic acids is 1. The van der Waals surface area contributed by atoms with Crippen molar-refractivity contribution in [2.24, 2.45) is 11.3 Å². The van der Waals surface area contributed by atoms with Crippen LogP contribution in [-0.2, 0) is 11.3 Å². The van der Waals surface area contributed by atoms with E-state index in [1.807, 2.05) is 27.7 Å². The number of hydrogen-bond donors (Lipinski definition) is 2. The van der Waals surface area contributed by atoms with Gasteiger partial charge >= 0.3 is 5.97 Å². The lowest BCUT2D eigenvalue weighted by molar-refractivity contribution is -0.127. The molecule has 5 heteroatoms. The molecule has 2 N–H and O–H groups in total. The Kier molecular flexibility index (Phi) is 4.16. The van der Waals surface area contributed by atoms with Crippen molar-refractivity contribution in [2.45, 2.75) is 34.2 Å². The third-order valence-electron chi connectivity index (χ3n) is 3.00. The van der Waals surface area contributed by atoms with E-state index in [-0.39, 0.29) is 29.5 Å². The first kappa shape index (κ1) is 14.3. The highest BCUT2D eigenvalue weighted by molar-refractivity contribution is 5.84. The topological polar surface area (TPSA) is 79.5 Å². The summed E-state index contributed by atoms with van der Waals surface area (Å²) in [5.41, 5.74) is -0.112. The molecule has 100 valence electrons. The van der Waals surface area contributed by atoms with Crippen LogP contribution in [0.25, 0.3) is 0 Å². The Morgan fingerprint density at radius 1 is 1.39 bits per heavy atom. The fraction of sp³-hybridized carbons (Fsp3) is 0.538. The van der Waals surface area contributed by atoms with Crippen molar-refractivity contribution < 1.29 is 19.1 Å².